The molecule has 0 unspecified atom stereocenters. The van der Waals surface area contributed by atoms with Gasteiger partial charge in [0, 0.05) is 0 Å². The van der Waals surface area contributed by atoms with Gasteiger partial charge >= 0.3 is 0 Å². The number of hydrogen-bond acceptors (Lipinski definition) is 4. The first-order valence-corrected chi connectivity index (χ1v) is 3.39. The third-order valence-electron chi connectivity index (χ3n) is 1.47. The average Bonchev–Trinajstić information content (AvgIpc) is 2.09. The Kier molecular flexibility index (Phi) is 2.53. The standard InChI is InChI=1S/C8H10N2O2/c1-12-8-4-2-3-7(11)6(8)5-10-9/h2-5,11H,9H2,1H3/b10-5+. The molecule has 0 aromatic heterocycles. The van der Waals surface area contributed by atoms with Crippen LogP contribution in [0.4, 0.5) is 0 Å². The SMILES string of the molecule is COc1cccc(O)c1/C=N/N. The highest BCUT2D eigenvalue weighted by Gasteiger charge is 2.04. The van der Waals surface area contributed by atoms with Crippen LogP contribution in [-0.2, 0) is 0 Å². The lowest BCUT2D eigenvalue weighted by Crippen LogP contribution is -1.92. The molecule has 0 radical (unpaired) electrons. The zero-order chi connectivity index (χ0) is 8.97. The number of hydrazone groups is 1. The summed E-state index contributed by atoms with van der Waals surface area (Å²) in [6.07, 6.45) is 1.34. The molecular formula is C8H10N2O2. The summed E-state index contributed by atoms with van der Waals surface area (Å²) in [5.41, 5.74) is 0.488. The van der Waals surface area contributed by atoms with Crippen molar-refractivity contribution >= 4 is 6.21 Å². The van der Waals surface area contributed by atoms with Crippen LogP contribution >= 0.6 is 0 Å². The van der Waals surface area contributed by atoms with Gasteiger partial charge in [0.25, 0.3) is 0 Å². The van der Waals surface area contributed by atoms with Crippen LogP contribution in [0.3, 0.4) is 0 Å². The first-order valence-electron chi connectivity index (χ1n) is 3.39. The quantitative estimate of drug-likeness (QED) is 0.386. The second-order valence-corrected chi connectivity index (χ2v) is 2.17. The van der Waals surface area contributed by atoms with Crippen LogP contribution in [-0.4, -0.2) is 18.4 Å². The van der Waals surface area contributed by atoms with E-state index < -0.39 is 0 Å². The Balaban J connectivity index is 3.19. The number of methoxy groups -OCH3 is 1. The fourth-order valence-corrected chi connectivity index (χ4v) is 0.915. The van der Waals surface area contributed by atoms with Crippen molar-refractivity contribution in [2.75, 3.05) is 7.11 Å². The van der Waals surface area contributed by atoms with Gasteiger partial charge in [-0.15, -0.1) is 0 Å². The Bertz CT molecular complexity index is 297. The number of aromatic hydroxyl groups is 1. The minimum Gasteiger partial charge on any atom is -0.507 e. The molecule has 0 aliphatic heterocycles. The van der Waals surface area contributed by atoms with Crippen molar-refractivity contribution in [1.29, 1.82) is 0 Å². The Morgan fingerprint density at radius 3 is 2.92 bits per heavy atom. The van der Waals surface area contributed by atoms with Crippen molar-refractivity contribution in [3.63, 3.8) is 0 Å². The van der Waals surface area contributed by atoms with Crippen molar-refractivity contribution in [2.24, 2.45) is 10.9 Å². The Hall–Kier alpha value is -1.71. The summed E-state index contributed by atoms with van der Waals surface area (Å²) in [6.45, 7) is 0. The van der Waals surface area contributed by atoms with E-state index in [1.54, 1.807) is 18.2 Å². The van der Waals surface area contributed by atoms with Crippen LogP contribution in [0.15, 0.2) is 23.3 Å². The number of phenols is 1. The molecule has 0 amide bonds. The second-order valence-electron chi connectivity index (χ2n) is 2.17. The maximum absolute atomic E-state index is 9.33. The minimum atomic E-state index is 0.101. The van der Waals surface area contributed by atoms with E-state index in [2.05, 4.69) is 5.10 Å². The van der Waals surface area contributed by atoms with E-state index in [-0.39, 0.29) is 5.75 Å². The molecule has 12 heavy (non-hydrogen) atoms. The zero-order valence-corrected chi connectivity index (χ0v) is 6.69. The monoisotopic (exact) mass is 166 g/mol. The molecule has 1 aromatic rings. The molecule has 0 fully saturated rings. The predicted octanol–water partition coefficient (Wildman–Crippen LogP) is 0.693. The Labute approximate surface area is 70.3 Å². The number of hydrogen-bond donors (Lipinski definition) is 2. The fraction of sp³-hybridized carbons (Fsp3) is 0.125. The van der Waals surface area contributed by atoms with Crippen molar-refractivity contribution < 1.29 is 9.84 Å². The number of nitrogens with two attached hydrogens (primary N) is 1. The maximum atomic E-state index is 9.33. The van der Waals surface area contributed by atoms with E-state index in [4.69, 9.17) is 10.6 Å². The van der Waals surface area contributed by atoms with E-state index in [1.807, 2.05) is 0 Å². The highest BCUT2D eigenvalue weighted by atomic mass is 16.5. The van der Waals surface area contributed by atoms with Gasteiger partial charge in [0.1, 0.15) is 11.5 Å². The maximum Gasteiger partial charge on any atom is 0.131 e. The largest absolute Gasteiger partial charge is 0.507 e. The van der Waals surface area contributed by atoms with Crippen molar-refractivity contribution in [3.05, 3.63) is 23.8 Å². The third-order valence-corrected chi connectivity index (χ3v) is 1.47. The van der Waals surface area contributed by atoms with Gasteiger partial charge < -0.3 is 15.7 Å². The fourth-order valence-electron chi connectivity index (χ4n) is 0.915. The molecule has 1 aromatic carbocycles. The summed E-state index contributed by atoms with van der Waals surface area (Å²) >= 11 is 0. The van der Waals surface area contributed by atoms with Crippen LogP contribution in [0.5, 0.6) is 11.5 Å². The smallest absolute Gasteiger partial charge is 0.131 e. The first kappa shape index (κ1) is 8.39. The van der Waals surface area contributed by atoms with Crippen molar-refractivity contribution in [1.82, 2.24) is 0 Å². The Morgan fingerprint density at radius 2 is 2.33 bits per heavy atom. The summed E-state index contributed by atoms with van der Waals surface area (Å²) in [5, 5.41) is 12.6. The molecule has 0 heterocycles. The summed E-state index contributed by atoms with van der Waals surface area (Å²) in [5.74, 6) is 5.60. The molecule has 64 valence electrons. The van der Waals surface area contributed by atoms with E-state index in [0.29, 0.717) is 11.3 Å². The van der Waals surface area contributed by atoms with Gasteiger partial charge in [0.05, 0.1) is 18.9 Å². The number of phenolic OH excluding ortho intramolecular Hbond substituents is 1. The summed E-state index contributed by atoms with van der Waals surface area (Å²) < 4.78 is 4.97. The molecule has 4 heteroatoms. The molecule has 4 nitrogen and oxygen atoms in total. The van der Waals surface area contributed by atoms with E-state index in [9.17, 15) is 5.11 Å². The van der Waals surface area contributed by atoms with Gasteiger partial charge in [-0.05, 0) is 12.1 Å². The molecule has 1 rings (SSSR count). The van der Waals surface area contributed by atoms with E-state index in [0.717, 1.165) is 0 Å². The van der Waals surface area contributed by atoms with Crippen molar-refractivity contribution in [2.45, 2.75) is 0 Å². The van der Waals surface area contributed by atoms with Gasteiger partial charge in [-0.1, -0.05) is 6.07 Å². The molecule has 0 aliphatic carbocycles. The zero-order valence-electron chi connectivity index (χ0n) is 6.69. The highest BCUT2D eigenvalue weighted by molar-refractivity contribution is 5.86. The summed E-state index contributed by atoms with van der Waals surface area (Å²) in [4.78, 5) is 0. The number of ether oxygens (including phenoxy) is 1. The highest BCUT2D eigenvalue weighted by Crippen LogP contribution is 2.24. The molecule has 0 spiro atoms. The first-order chi connectivity index (χ1) is 5.79. The van der Waals surface area contributed by atoms with Gasteiger partial charge in [-0.2, -0.15) is 5.10 Å². The summed E-state index contributed by atoms with van der Waals surface area (Å²) in [7, 11) is 1.52. The number of rotatable bonds is 2. The lowest BCUT2D eigenvalue weighted by molar-refractivity contribution is 0.406. The minimum absolute atomic E-state index is 0.101. The molecule has 0 bridgehead atoms. The molecule has 0 saturated heterocycles. The van der Waals surface area contributed by atoms with Gasteiger partial charge in [-0.25, -0.2) is 0 Å². The summed E-state index contributed by atoms with van der Waals surface area (Å²) in [6, 6.07) is 4.94. The van der Waals surface area contributed by atoms with E-state index >= 15 is 0 Å². The molecule has 0 aliphatic rings. The van der Waals surface area contributed by atoms with Crippen molar-refractivity contribution in [3.8, 4) is 11.5 Å². The molecular weight excluding hydrogens is 156 g/mol. The normalized spacial score (nSPS) is 10.4. The van der Waals surface area contributed by atoms with Crippen LogP contribution in [0.25, 0.3) is 0 Å². The molecule has 0 atom stereocenters. The predicted molar refractivity (Wildman–Crippen MR) is 46.4 cm³/mol. The van der Waals surface area contributed by atoms with E-state index in [1.165, 1.54) is 13.3 Å². The second kappa shape index (κ2) is 3.61. The van der Waals surface area contributed by atoms with Crippen LogP contribution in [0.2, 0.25) is 0 Å². The molecule has 0 saturated carbocycles. The van der Waals surface area contributed by atoms with Crippen LogP contribution in [0.1, 0.15) is 5.56 Å². The lowest BCUT2D eigenvalue weighted by Gasteiger charge is -2.04. The van der Waals surface area contributed by atoms with Crippen LogP contribution in [0, 0.1) is 0 Å². The van der Waals surface area contributed by atoms with Gasteiger partial charge in [0.2, 0.25) is 0 Å². The van der Waals surface area contributed by atoms with Gasteiger partial charge in [0.15, 0.2) is 0 Å². The van der Waals surface area contributed by atoms with Crippen LogP contribution < -0.4 is 10.6 Å². The molecule has 3 N–H and O–H groups in total. The topological polar surface area (TPSA) is 67.8 Å². The van der Waals surface area contributed by atoms with Gasteiger partial charge in [-0.3, -0.25) is 0 Å². The lowest BCUT2D eigenvalue weighted by atomic mass is 10.2. The Morgan fingerprint density at radius 1 is 1.58 bits per heavy atom. The number of benzene rings is 1. The average molecular weight is 166 g/mol. The number of nitrogens with zero attached hydrogens (tertiary/aromatic N) is 1. The third kappa shape index (κ3) is 1.47.